The number of ether oxygens (including phenoxy) is 1. The molecule has 0 aliphatic heterocycles. The lowest BCUT2D eigenvalue weighted by Crippen LogP contribution is -2.18. The zero-order valence-electron chi connectivity index (χ0n) is 9.47. The quantitative estimate of drug-likeness (QED) is 0.590. The molecule has 1 atom stereocenters. The van der Waals surface area contributed by atoms with Crippen LogP contribution in [0.1, 0.15) is 29.3 Å². The van der Waals surface area contributed by atoms with Crippen LogP contribution in [0.5, 0.6) is 5.75 Å². The number of hydrogen-bond donors (Lipinski definition) is 0. The van der Waals surface area contributed by atoms with Crippen LogP contribution in [0.15, 0.2) is 18.2 Å². The Morgan fingerprint density at radius 1 is 1.32 bits per heavy atom. The van der Waals surface area contributed by atoms with Crippen molar-refractivity contribution in [3.63, 3.8) is 0 Å². The van der Waals surface area contributed by atoms with E-state index in [1.807, 2.05) is 0 Å². The molecule has 0 saturated heterocycles. The van der Waals surface area contributed by atoms with Crippen LogP contribution in [0.2, 0.25) is 0 Å². The van der Waals surface area contributed by atoms with Gasteiger partial charge < -0.3 is 4.74 Å². The molecule has 1 aromatic rings. The number of carbonyl (C=O) groups is 1. The van der Waals surface area contributed by atoms with Gasteiger partial charge in [0.05, 0.1) is 10.4 Å². The summed E-state index contributed by atoms with van der Waals surface area (Å²) in [5.74, 6) is -1.38. The monoisotopic (exact) mass is 346 g/mol. The maximum absolute atomic E-state index is 12.6. The Labute approximate surface area is 113 Å². The molecule has 0 bridgehead atoms. The molecule has 0 N–H and O–H groups in total. The second kappa shape index (κ2) is 5.85. The minimum absolute atomic E-state index is 0.108. The minimum atomic E-state index is -5.08. The van der Waals surface area contributed by atoms with Gasteiger partial charge in [0.25, 0.3) is 6.43 Å². The summed E-state index contributed by atoms with van der Waals surface area (Å²) in [5, 5.41) is 0. The van der Waals surface area contributed by atoms with Crippen LogP contribution in [0.4, 0.5) is 22.0 Å². The van der Waals surface area contributed by atoms with Gasteiger partial charge in [0.2, 0.25) is 0 Å². The van der Waals surface area contributed by atoms with Crippen molar-refractivity contribution in [2.45, 2.75) is 24.5 Å². The Kier molecular flexibility index (Phi) is 4.89. The van der Waals surface area contributed by atoms with Gasteiger partial charge >= 0.3 is 6.36 Å². The molecule has 0 spiro atoms. The first-order chi connectivity index (χ1) is 8.61. The van der Waals surface area contributed by atoms with Crippen molar-refractivity contribution < 1.29 is 31.5 Å². The molecular formula is C11H8BrF5O2. The molecule has 1 aromatic carbocycles. The summed E-state index contributed by atoms with van der Waals surface area (Å²) in [5.41, 5.74) is -0.777. The summed E-state index contributed by atoms with van der Waals surface area (Å²) in [4.78, 5) is 10.2. The summed E-state index contributed by atoms with van der Waals surface area (Å²) in [6.07, 6.45) is -8.20. The molecule has 0 aliphatic rings. The second-order valence-electron chi connectivity index (χ2n) is 3.62. The van der Waals surface area contributed by atoms with Gasteiger partial charge in [0.15, 0.2) is 0 Å². The number of benzene rings is 1. The van der Waals surface area contributed by atoms with Gasteiger partial charge in [-0.05, 0) is 24.6 Å². The summed E-state index contributed by atoms with van der Waals surface area (Å²) in [7, 11) is 0. The maximum Gasteiger partial charge on any atom is 0.573 e. The Hall–Kier alpha value is -1.18. The first kappa shape index (κ1) is 15.9. The van der Waals surface area contributed by atoms with Crippen molar-refractivity contribution >= 4 is 21.7 Å². The van der Waals surface area contributed by atoms with Crippen molar-refractivity contribution in [2.75, 3.05) is 0 Å². The molecule has 0 aromatic heterocycles. The van der Waals surface area contributed by atoms with E-state index in [-0.39, 0.29) is 11.3 Å². The molecule has 0 amide bonds. The Bertz CT molecular complexity index is 473. The van der Waals surface area contributed by atoms with E-state index in [1.165, 1.54) is 6.92 Å². The van der Waals surface area contributed by atoms with Crippen LogP contribution in [0.25, 0.3) is 0 Å². The first-order valence-electron chi connectivity index (χ1n) is 4.94. The van der Waals surface area contributed by atoms with Crippen molar-refractivity contribution in [3.8, 4) is 5.75 Å². The predicted molar refractivity (Wildman–Crippen MR) is 60.4 cm³/mol. The minimum Gasteiger partial charge on any atom is -0.405 e. The van der Waals surface area contributed by atoms with E-state index in [2.05, 4.69) is 20.7 Å². The lowest BCUT2D eigenvalue weighted by Gasteiger charge is -2.15. The van der Waals surface area contributed by atoms with Crippen molar-refractivity contribution in [1.82, 2.24) is 0 Å². The Morgan fingerprint density at radius 2 is 1.89 bits per heavy atom. The largest absolute Gasteiger partial charge is 0.573 e. The van der Waals surface area contributed by atoms with Crippen LogP contribution < -0.4 is 4.74 Å². The van der Waals surface area contributed by atoms with Gasteiger partial charge in [-0.1, -0.05) is 22.0 Å². The lowest BCUT2D eigenvalue weighted by molar-refractivity contribution is -0.275. The van der Waals surface area contributed by atoms with Crippen LogP contribution >= 0.6 is 15.9 Å². The molecule has 2 nitrogen and oxygen atoms in total. The molecule has 1 rings (SSSR count). The SMILES string of the molecule is CC(=O)C(Br)c1ccc(C(F)F)c(OC(F)(F)F)c1. The van der Waals surface area contributed by atoms with Gasteiger partial charge in [0, 0.05) is 0 Å². The summed E-state index contributed by atoms with van der Waals surface area (Å²) in [6, 6.07) is 2.72. The highest BCUT2D eigenvalue weighted by Gasteiger charge is 2.33. The lowest BCUT2D eigenvalue weighted by atomic mass is 10.1. The smallest absolute Gasteiger partial charge is 0.405 e. The molecule has 0 fully saturated rings. The molecule has 8 heteroatoms. The van der Waals surface area contributed by atoms with Crippen LogP contribution in [-0.2, 0) is 4.79 Å². The average Bonchev–Trinajstić information content (AvgIpc) is 2.25. The van der Waals surface area contributed by atoms with E-state index in [0.717, 1.165) is 18.2 Å². The number of Topliss-reactive ketones (excluding diaryl/α,β-unsaturated/α-hetero) is 1. The fraction of sp³-hybridized carbons (Fsp3) is 0.364. The van der Waals surface area contributed by atoms with Crippen LogP contribution in [0, 0.1) is 0 Å². The Morgan fingerprint density at radius 3 is 2.32 bits per heavy atom. The highest BCUT2D eigenvalue weighted by molar-refractivity contribution is 9.09. The molecule has 0 radical (unpaired) electrons. The van der Waals surface area contributed by atoms with Crippen molar-refractivity contribution in [3.05, 3.63) is 29.3 Å². The van der Waals surface area contributed by atoms with Crippen molar-refractivity contribution in [1.29, 1.82) is 0 Å². The molecule has 0 heterocycles. The number of ketones is 1. The zero-order valence-corrected chi connectivity index (χ0v) is 11.1. The molecule has 106 valence electrons. The van der Waals surface area contributed by atoms with E-state index < -0.39 is 28.9 Å². The molecule has 1 unspecified atom stereocenters. The molecular weight excluding hydrogens is 339 g/mol. The van der Waals surface area contributed by atoms with Crippen LogP contribution in [0.3, 0.4) is 0 Å². The topological polar surface area (TPSA) is 26.3 Å². The highest BCUT2D eigenvalue weighted by Crippen LogP contribution is 2.36. The number of halogens is 6. The third kappa shape index (κ3) is 4.45. The predicted octanol–water partition coefficient (Wildman–Crippen LogP) is 4.55. The summed E-state index contributed by atoms with van der Waals surface area (Å²) < 4.78 is 65.1. The van der Waals surface area contributed by atoms with Gasteiger partial charge in [-0.2, -0.15) is 0 Å². The number of carbonyl (C=O) groups excluding carboxylic acids is 1. The normalized spacial score (nSPS) is 13.5. The third-order valence-electron chi connectivity index (χ3n) is 2.15. The van der Waals surface area contributed by atoms with E-state index in [4.69, 9.17) is 0 Å². The highest BCUT2D eigenvalue weighted by atomic mass is 79.9. The average molecular weight is 347 g/mol. The van der Waals surface area contributed by atoms with E-state index >= 15 is 0 Å². The standard InChI is InChI=1S/C11H8BrF5O2/c1-5(18)9(12)6-2-3-7(10(13)14)8(4-6)19-11(15,16)17/h2-4,9-10H,1H3. The zero-order chi connectivity index (χ0) is 14.8. The summed E-state index contributed by atoms with van der Waals surface area (Å²) in [6.45, 7) is 1.21. The fourth-order valence-electron chi connectivity index (χ4n) is 1.34. The fourth-order valence-corrected chi connectivity index (χ4v) is 1.62. The summed E-state index contributed by atoms with van der Waals surface area (Å²) >= 11 is 2.95. The van der Waals surface area contributed by atoms with E-state index in [9.17, 15) is 26.7 Å². The molecule has 0 aliphatic carbocycles. The van der Waals surface area contributed by atoms with Crippen LogP contribution in [-0.4, -0.2) is 12.1 Å². The van der Waals surface area contributed by atoms with Gasteiger partial charge in [-0.3, -0.25) is 4.79 Å². The first-order valence-corrected chi connectivity index (χ1v) is 5.85. The van der Waals surface area contributed by atoms with Gasteiger partial charge in [-0.25, -0.2) is 8.78 Å². The van der Waals surface area contributed by atoms with Gasteiger partial charge in [-0.15, -0.1) is 13.2 Å². The van der Waals surface area contributed by atoms with E-state index in [1.54, 1.807) is 0 Å². The third-order valence-corrected chi connectivity index (χ3v) is 3.32. The number of alkyl halides is 6. The maximum atomic E-state index is 12.6. The van der Waals surface area contributed by atoms with Gasteiger partial charge in [0.1, 0.15) is 11.5 Å². The molecule has 19 heavy (non-hydrogen) atoms. The number of hydrogen-bond acceptors (Lipinski definition) is 2. The molecule has 0 saturated carbocycles. The van der Waals surface area contributed by atoms with Crippen molar-refractivity contribution in [2.24, 2.45) is 0 Å². The Balaban J connectivity index is 3.22. The number of rotatable bonds is 4. The second-order valence-corrected chi connectivity index (χ2v) is 4.53. The van der Waals surface area contributed by atoms with E-state index in [0.29, 0.717) is 0 Å².